The number of nitrogens with two attached hydrogens (primary N) is 3. The van der Waals surface area contributed by atoms with Crippen LogP contribution in [0.15, 0.2) is 157 Å². The molecule has 6 aromatic rings. The zero-order valence-corrected chi connectivity index (χ0v) is 45.6. The quantitative estimate of drug-likeness (QED) is 0.0227. The molecular weight excluding hydrogens is 1040 g/mol. The van der Waals surface area contributed by atoms with E-state index >= 15 is 0 Å². The molecule has 2 aliphatic rings. The van der Waals surface area contributed by atoms with Gasteiger partial charge in [0.2, 0.25) is 41.4 Å². The third kappa shape index (κ3) is 15.6. The number of likely N-dealkylation sites (tertiary alicyclic amines) is 1. The Balaban J connectivity index is 0.990. The van der Waals surface area contributed by atoms with E-state index in [0.29, 0.717) is 24.0 Å². The molecular formula is C62H69N11O9. The number of rotatable bonds is 25. The largest absolute Gasteiger partial charge is 0.449 e. The first-order chi connectivity index (χ1) is 39.6. The third-order valence-corrected chi connectivity index (χ3v) is 14.7. The minimum atomic E-state index is -1.30. The van der Waals surface area contributed by atoms with E-state index in [1.54, 1.807) is 54.6 Å². The van der Waals surface area contributed by atoms with Crippen molar-refractivity contribution >= 4 is 64.2 Å². The first-order valence-electron chi connectivity index (χ1n) is 27.4. The average Bonchev–Trinajstić information content (AvgIpc) is 4.02. The van der Waals surface area contributed by atoms with Crippen LogP contribution in [0.3, 0.4) is 0 Å². The molecule has 1 aliphatic carbocycles. The fourth-order valence-corrected chi connectivity index (χ4v) is 10.4. The summed E-state index contributed by atoms with van der Waals surface area (Å²) in [7, 11) is 0. The molecule has 0 radical (unpaired) electrons. The van der Waals surface area contributed by atoms with Crippen molar-refractivity contribution in [1.29, 1.82) is 0 Å². The van der Waals surface area contributed by atoms with E-state index in [2.05, 4.69) is 36.9 Å². The highest BCUT2D eigenvalue weighted by Gasteiger charge is 2.39. The van der Waals surface area contributed by atoms with Crippen molar-refractivity contribution in [3.8, 4) is 11.1 Å². The van der Waals surface area contributed by atoms with Crippen LogP contribution < -0.4 is 49.1 Å². The highest BCUT2D eigenvalue weighted by molar-refractivity contribution is 5.97. The molecule has 82 heavy (non-hydrogen) atoms. The third-order valence-electron chi connectivity index (χ3n) is 14.7. The smallest absolute Gasteiger partial charge is 0.407 e. The number of nitrogens with one attached hydrogen (secondary N) is 6. The Labute approximate surface area is 475 Å². The Morgan fingerprint density at radius 1 is 0.598 bits per heavy atom. The number of guanidine groups is 1. The van der Waals surface area contributed by atoms with Gasteiger partial charge in [-0.3, -0.25) is 38.6 Å². The molecule has 0 aromatic heterocycles. The molecule has 6 atom stereocenters. The molecule has 0 unspecified atom stereocenters. The van der Waals surface area contributed by atoms with Gasteiger partial charge in [0.15, 0.2) is 5.96 Å². The first kappa shape index (κ1) is 58.6. The molecule has 20 heteroatoms. The average molecular weight is 1110 g/mol. The van der Waals surface area contributed by atoms with Crippen LogP contribution in [-0.4, -0.2) is 121 Å². The van der Waals surface area contributed by atoms with Crippen LogP contribution >= 0.6 is 0 Å². The second-order valence-corrected chi connectivity index (χ2v) is 20.5. The monoisotopic (exact) mass is 1110 g/mol. The van der Waals surface area contributed by atoms with E-state index in [1.165, 1.54) is 11.8 Å². The predicted molar refractivity (Wildman–Crippen MR) is 310 cm³/mol. The summed E-state index contributed by atoms with van der Waals surface area (Å²) < 4.78 is 5.93. The topological polar surface area (TPSA) is 312 Å². The highest BCUT2D eigenvalue weighted by Crippen LogP contribution is 2.44. The second kappa shape index (κ2) is 28.0. The van der Waals surface area contributed by atoms with Crippen LogP contribution in [0, 0.1) is 0 Å². The minimum absolute atomic E-state index is 0.00546. The number of amides is 8. The number of alkyl carbamates (subject to hydrolysis) is 1. The molecule has 8 rings (SSSR count). The lowest BCUT2D eigenvalue weighted by atomic mass is 9.98. The molecule has 1 heterocycles. The van der Waals surface area contributed by atoms with Crippen LogP contribution in [0.1, 0.15) is 66.3 Å². The molecule has 0 saturated carbocycles. The summed E-state index contributed by atoms with van der Waals surface area (Å²) in [5.41, 5.74) is 22.6. The van der Waals surface area contributed by atoms with E-state index < -0.39 is 90.2 Å². The van der Waals surface area contributed by atoms with E-state index in [0.717, 1.165) is 38.6 Å². The van der Waals surface area contributed by atoms with Crippen molar-refractivity contribution in [2.45, 2.75) is 94.0 Å². The first-order valence-corrected chi connectivity index (χ1v) is 27.4. The maximum atomic E-state index is 14.8. The Bertz CT molecular complexity index is 3260. The molecule has 1 saturated heterocycles. The summed E-state index contributed by atoms with van der Waals surface area (Å²) in [5.74, 6) is -5.23. The molecule has 1 fully saturated rings. The van der Waals surface area contributed by atoms with Crippen molar-refractivity contribution in [3.05, 3.63) is 179 Å². The maximum absolute atomic E-state index is 14.8. The molecule has 1 aliphatic heterocycles. The number of carbonyl (C=O) groups is 8. The number of nitrogens with zero attached hydrogens (tertiary/aromatic N) is 2. The lowest BCUT2D eigenvalue weighted by Crippen LogP contribution is -2.59. The summed E-state index contributed by atoms with van der Waals surface area (Å²) in [6.45, 7) is 1.13. The fourth-order valence-electron chi connectivity index (χ4n) is 10.4. The molecule has 6 aromatic carbocycles. The van der Waals surface area contributed by atoms with Gasteiger partial charge in [-0.15, -0.1) is 0 Å². The van der Waals surface area contributed by atoms with Gasteiger partial charge >= 0.3 is 6.09 Å². The second-order valence-electron chi connectivity index (χ2n) is 20.5. The number of fused-ring (bicyclic) bond motifs is 4. The number of ether oxygens (including phenoxy) is 1. The summed E-state index contributed by atoms with van der Waals surface area (Å²) in [4.78, 5) is 116. The van der Waals surface area contributed by atoms with Gasteiger partial charge in [0.25, 0.3) is 0 Å². The molecule has 12 N–H and O–H groups in total. The van der Waals surface area contributed by atoms with Crippen molar-refractivity contribution in [2.75, 3.05) is 26.2 Å². The van der Waals surface area contributed by atoms with E-state index in [9.17, 15) is 38.4 Å². The van der Waals surface area contributed by atoms with Crippen molar-refractivity contribution < 1.29 is 43.1 Å². The van der Waals surface area contributed by atoms with Gasteiger partial charge in [-0.2, -0.15) is 0 Å². The van der Waals surface area contributed by atoms with Crippen molar-refractivity contribution in [3.63, 3.8) is 0 Å². The number of carbonyl (C=O) groups excluding carboxylic acids is 8. The highest BCUT2D eigenvalue weighted by atomic mass is 16.5. The number of primary amides is 1. The Hall–Kier alpha value is -9.59. The number of benzene rings is 6. The molecule has 0 spiro atoms. The Kier molecular flexibility index (Phi) is 20.0. The summed E-state index contributed by atoms with van der Waals surface area (Å²) in [6, 6.07) is 40.3. The van der Waals surface area contributed by atoms with Crippen LogP contribution in [0.25, 0.3) is 21.9 Å². The zero-order chi connectivity index (χ0) is 58.1. The molecule has 20 nitrogen and oxygen atoms in total. The number of hydrogen-bond donors (Lipinski definition) is 9. The van der Waals surface area contributed by atoms with Gasteiger partial charge in [0, 0.05) is 38.3 Å². The Morgan fingerprint density at radius 3 is 1.76 bits per heavy atom. The van der Waals surface area contributed by atoms with Gasteiger partial charge in [-0.05, 0) is 82.3 Å². The maximum Gasteiger partial charge on any atom is 0.407 e. The zero-order valence-electron chi connectivity index (χ0n) is 45.6. The lowest BCUT2D eigenvalue weighted by Gasteiger charge is -2.29. The number of aliphatic imine (C=N–C) groups is 1. The van der Waals surface area contributed by atoms with Crippen LogP contribution in [0.2, 0.25) is 0 Å². The Morgan fingerprint density at radius 2 is 1.15 bits per heavy atom. The molecule has 8 amide bonds. The van der Waals surface area contributed by atoms with Crippen LogP contribution in [0.4, 0.5) is 4.79 Å². The van der Waals surface area contributed by atoms with E-state index in [4.69, 9.17) is 21.9 Å². The minimum Gasteiger partial charge on any atom is -0.449 e. The standard InChI is InChI=1S/C62H69N11O9/c1-38(55(63)75)68-59(79)53-27-15-31-73(53)60(80)49(26-14-30-66-61(64)65)69-54(74)36-67-56(76)50(33-39-16-4-2-5-17-39)70-57(77)51(34-40-18-6-3-7-19-40)71-58(78)52(35-41-28-29-42-20-8-9-21-43(42)32-41)72-62(81)82-37-48-46-24-12-10-22-44(46)45-23-11-13-25-47(45)48/h2-13,16-25,28-29,32,38,48-53H,14-15,26-27,30-31,33-37H2,1H3,(H2,63,75)(H,67,76)(H,68,79)(H,69,74)(H,70,77)(H,71,78)(H,72,81)(H4,64,65,66)/t38-,49+,50+,51+,52-,53+/m0/s1. The lowest BCUT2D eigenvalue weighted by molar-refractivity contribution is -0.142. The molecule has 0 bridgehead atoms. The van der Waals surface area contributed by atoms with Gasteiger partial charge < -0.3 is 58.7 Å². The van der Waals surface area contributed by atoms with Crippen molar-refractivity contribution in [2.24, 2.45) is 22.2 Å². The van der Waals surface area contributed by atoms with E-state index in [-0.39, 0.29) is 63.7 Å². The summed E-state index contributed by atoms with van der Waals surface area (Å²) >= 11 is 0. The summed E-state index contributed by atoms with van der Waals surface area (Å²) in [5, 5.41) is 18.3. The summed E-state index contributed by atoms with van der Waals surface area (Å²) in [6.07, 6.45) is 0.242. The SMILES string of the molecule is C[C@H](NC(=O)[C@H]1CCCN1C(=O)[C@@H](CCCN=C(N)N)NC(=O)CNC(=O)[C@@H](Cc1ccccc1)NC(=O)[C@@H](Cc1ccccc1)NC(=O)[C@H](Cc1ccc2ccccc2c1)NC(=O)OCC1c2ccccc2-c2ccccc21)C(N)=O. The van der Waals surface area contributed by atoms with Crippen molar-refractivity contribution in [1.82, 2.24) is 36.8 Å². The fraction of sp³-hybridized carbons (Fsp3) is 0.306. The van der Waals surface area contributed by atoms with Gasteiger partial charge in [0.1, 0.15) is 42.9 Å². The van der Waals surface area contributed by atoms with Gasteiger partial charge in [-0.25, -0.2) is 4.79 Å². The van der Waals surface area contributed by atoms with Gasteiger partial charge in [-0.1, -0.05) is 152 Å². The van der Waals surface area contributed by atoms with Crippen LogP contribution in [-0.2, 0) is 57.6 Å². The van der Waals surface area contributed by atoms with E-state index in [1.807, 2.05) is 97.1 Å². The van der Waals surface area contributed by atoms with Crippen LogP contribution in [0.5, 0.6) is 0 Å². The van der Waals surface area contributed by atoms with Gasteiger partial charge in [0.05, 0.1) is 6.54 Å². The number of hydrogen-bond acceptors (Lipinski definition) is 10. The molecule has 426 valence electrons. The predicted octanol–water partition coefficient (Wildman–Crippen LogP) is 3.38. The normalized spacial score (nSPS) is 15.2.